The molecule has 0 aromatic heterocycles. The van der Waals surface area contributed by atoms with Gasteiger partial charge in [-0.25, -0.2) is 4.39 Å². The number of piperidine rings is 1. The van der Waals surface area contributed by atoms with Crippen molar-refractivity contribution in [3.05, 3.63) is 35.6 Å². The van der Waals surface area contributed by atoms with Crippen LogP contribution < -0.4 is 5.32 Å². The molecule has 3 heteroatoms. The van der Waals surface area contributed by atoms with Gasteiger partial charge < -0.3 is 10.4 Å². The lowest BCUT2D eigenvalue weighted by molar-refractivity contribution is -0.0392. The van der Waals surface area contributed by atoms with Crippen molar-refractivity contribution in [2.75, 3.05) is 13.1 Å². The molecule has 2 rings (SSSR count). The Kier molecular flexibility index (Phi) is 2.76. The maximum atomic E-state index is 12.8. The minimum Gasteiger partial charge on any atom is -0.385 e. The first-order valence-corrected chi connectivity index (χ1v) is 5.32. The molecular weight excluding hydrogens is 193 g/mol. The molecule has 1 saturated heterocycles. The summed E-state index contributed by atoms with van der Waals surface area (Å²) in [5.74, 6) is -0.111. The Hall–Kier alpha value is -0.930. The van der Waals surface area contributed by atoms with Crippen molar-refractivity contribution >= 4 is 0 Å². The summed E-state index contributed by atoms with van der Waals surface area (Å²) in [6.07, 6.45) is 0.680. The molecule has 1 aromatic rings. The summed E-state index contributed by atoms with van der Waals surface area (Å²) in [4.78, 5) is 0. The first-order chi connectivity index (χ1) is 7.13. The third-order valence-corrected chi connectivity index (χ3v) is 3.29. The van der Waals surface area contributed by atoms with Gasteiger partial charge in [-0.2, -0.15) is 0 Å². The van der Waals surface area contributed by atoms with E-state index >= 15 is 0 Å². The lowest BCUT2D eigenvalue weighted by Gasteiger charge is -2.39. The molecule has 0 radical (unpaired) electrons. The molecular formula is C12H16FNO. The fourth-order valence-electron chi connectivity index (χ4n) is 2.18. The SMILES string of the molecule is C[C@H]1CNCC[C@]1(O)c1ccc(F)cc1. The van der Waals surface area contributed by atoms with Crippen molar-refractivity contribution in [2.45, 2.75) is 18.9 Å². The Morgan fingerprint density at radius 1 is 1.40 bits per heavy atom. The van der Waals surface area contributed by atoms with Crippen LogP contribution in [-0.4, -0.2) is 18.2 Å². The topological polar surface area (TPSA) is 32.3 Å². The first-order valence-electron chi connectivity index (χ1n) is 5.32. The van der Waals surface area contributed by atoms with Crippen LogP contribution >= 0.6 is 0 Å². The highest BCUT2D eigenvalue weighted by Gasteiger charge is 2.37. The molecule has 15 heavy (non-hydrogen) atoms. The van der Waals surface area contributed by atoms with Gasteiger partial charge in [0.05, 0.1) is 5.60 Å². The van der Waals surface area contributed by atoms with Gasteiger partial charge in [-0.1, -0.05) is 19.1 Å². The van der Waals surface area contributed by atoms with E-state index in [1.165, 1.54) is 12.1 Å². The third kappa shape index (κ3) is 1.90. The lowest BCUT2D eigenvalue weighted by Crippen LogP contribution is -2.46. The predicted octanol–water partition coefficient (Wildman–Crippen LogP) is 1.64. The molecule has 1 fully saturated rings. The van der Waals surface area contributed by atoms with Gasteiger partial charge in [0.1, 0.15) is 5.82 Å². The smallest absolute Gasteiger partial charge is 0.123 e. The van der Waals surface area contributed by atoms with E-state index in [9.17, 15) is 9.50 Å². The molecule has 0 amide bonds. The highest BCUT2D eigenvalue weighted by molar-refractivity contribution is 5.24. The molecule has 2 atom stereocenters. The number of nitrogens with one attached hydrogen (secondary N) is 1. The van der Waals surface area contributed by atoms with Gasteiger partial charge in [-0.05, 0) is 30.7 Å². The number of benzene rings is 1. The summed E-state index contributed by atoms with van der Waals surface area (Å²) in [7, 11) is 0. The Balaban J connectivity index is 2.30. The van der Waals surface area contributed by atoms with Crippen LogP contribution in [0.2, 0.25) is 0 Å². The summed E-state index contributed by atoms with van der Waals surface area (Å²) in [6, 6.07) is 6.17. The van der Waals surface area contributed by atoms with Crippen LogP contribution in [0.15, 0.2) is 24.3 Å². The molecule has 0 saturated carbocycles. The third-order valence-electron chi connectivity index (χ3n) is 3.29. The van der Waals surface area contributed by atoms with Crippen LogP contribution in [0.25, 0.3) is 0 Å². The molecule has 0 aliphatic carbocycles. The fraction of sp³-hybridized carbons (Fsp3) is 0.500. The first kappa shape index (κ1) is 10.6. The molecule has 0 spiro atoms. The normalized spacial score (nSPS) is 31.5. The molecule has 2 nitrogen and oxygen atoms in total. The molecule has 1 aromatic carbocycles. The summed E-state index contributed by atoms with van der Waals surface area (Å²) >= 11 is 0. The van der Waals surface area contributed by atoms with Gasteiger partial charge in [0.15, 0.2) is 0 Å². The van der Waals surface area contributed by atoms with Gasteiger partial charge in [0.25, 0.3) is 0 Å². The van der Waals surface area contributed by atoms with E-state index < -0.39 is 5.60 Å². The summed E-state index contributed by atoms with van der Waals surface area (Å²) in [5.41, 5.74) is 0.0109. The second kappa shape index (κ2) is 3.91. The number of rotatable bonds is 1. The molecule has 0 bridgehead atoms. The second-order valence-corrected chi connectivity index (χ2v) is 4.29. The maximum Gasteiger partial charge on any atom is 0.123 e. The van der Waals surface area contributed by atoms with Crippen LogP contribution in [0, 0.1) is 11.7 Å². The number of hydrogen-bond donors (Lipinski definition) is 2. The van der Waals surface area contributed by atoms with Crippen LogP contribution in [0.1, 0.15) is 18.9 Å². The second-order valence-electron chi connectivity index (χ2n) is 4.29. The maximum absolute atomic E-state index is 12.8. The lowest BCUT2D eigenvalue weighted by atomic mass is 9.77. The standard InChI is InChI=1S/C12H16FNO/c1-9-8-14-7-6-12(9,15)10-2-4-11(13)5-3-10/h2-5,9,14-15H,6-8H2,1H3/t9-,12+/m0/s1. The summed E-state index contributed by atoms with van der Waals surface area (Å²) in [6.45, 7) is 3.61. The Morgan fingerprint density at radius 3 is 2.67 bits per heavy atom. The van der Waals surface area contributed by atoms with Crippen molar-refractivity contribution in [1.29, 1.82) is 0 Å². The molecule has 1 aliphatic rings. The average Bonchev–Trinajstić information content (AvgIpc) is 2.23. The molecule has 1 aliphatic heterocycles. The molecule has 82 valence electrons. The van der Waals surface area contributed by atoms with Crippen LogP contribution in [-0.2, 0) is 5.60 Å². The van der Waals surface area contributed by atoms with Gasteiger partial charge in [-0.3, -0.25) is 0 Å². The fourth-order valence-corrected chi connectivity index (χ4v) is 2.18. The van der Waals surface area contributed by atoms with Crippen molar-refractivity contribution < 1.29 is 9.50 Å². The predicted molar refractivity (Wildman–Crippen MR) is 56.9 cm³/mol. The quantitative estimate of drug-likeness (QED) is 0.737. The number of aliphatic hydroxyl groups is 1. The highest BCUT2D eigenvalue weighted by atomic mass is 19.1. The van der Waals surface area contributed by atoms with E-state index in [2.05, 4.69) is 5.32 Å². The number of hydrogen-bond acceptors (Lipinski definition) is 2. The zero-order valence-electron chi connectivity index (χ0n) is 8.83. The van der Waals surface area contributed by atoms with Crippen molar-refractivity contribution in [2.24, 2.45) is 5.92 Å². The largest absolute Gasteiger partial charge is 0.385 e. The van der Waals surface area contributed by atoms with Crippen LogP contribution in [0.3, 0.4) is 0 Å². The number of halogens is 1. The molecule has 0 unspecified atom stereocenters. The minimum absolute atomic E-state index is 0.150. The van der Waals surface area contributed by atoms with Crippen molar-refractivity contribution in [3.63, 3.8) is 0 Å². The monoisotopic (exact) mass is 209 g/mol. The van der Waals surface area contributed by atoms with Crippen LogP contribution in [0.5, 0.6) is 0 Å². The average molecular weight is 209 g/mol. The minimum atomic E-state index is -0.807. The summed E-state index contributed by atoms with van der Waals surface area (Å²) in [5, 5.41) is 13.8. The zero-order chi connectivity index (χ0) is 10.9. The molecule has 2 N–H and O–H groups in total. The molecule has 1 heterocycles. The zero-order valence-corrected chi connectivity index (χ0v) is 8.83. The Morgan fingerprint density at radius 2 is 2.07 bits per heavy atom. The van der Waals surface area contributed by atoms with Gasteiger partial charge in [0.2, 0.25) is 0 Å². The van der Waals surface area contributed by atoms with E-state index in [0.717, 1.165) is 18.7 Å². The van der Waals surface area contributed by atoms with Gasteiger partial charge in [-0.15, -0.1) is 0 Å². The highest BCUT2D eigenvalue weighted by Crippen LogP contribution is 2.34. The van der Waals surface area contributed by atoms with E-state index in [-0.39, 0.29) is 11.7 Å². The van der Waals surface area contributed by atoms with Crippen molar-refractivity contribution in [1.82, 2.24) is 5.32 Å². The van der Waals surface area contributed by atoms with E-state index in [1.54, 1.807) is 12.1 Å². The van der Waals surface area contributed by atoms with E-state index in [0.29, 0.717) is 6.42 Å². The van der Waals surface area contributed by atoms with Gasteiger partial charge >= 0.3 is 0 Å². The summed E-state index contributed by atoms with van der Waals surface area (Å²) < 4.78 is 12.8. The van der Waals surface area contributed by atoms with Crippen LogP contribution in [0.4, 0.5) is 4.39 Å². The van der Waals surface area contributed by atoms with Gasteiger partial charge in [0, 0.05) is 12.5 Å². The van der Waals surface area contributed by atoms with Crippen molar-refractivity contribution in [3.8, 4) is 0 Å². The Bertz CT molecular complexity index is 338. The van der Waals surface area contributed by atoms with E-state index in [1.807, 2.05) is 6.92 Å². The van der Waals surface area contributed by atoms with E-state index in [4.69, 9.17) is 0 Å². The Labute approximate surface area is 89.1 Å².